The van der Waals surface area contributed by atoms with Gasteiger partial charge in [0, 0.05) is 23.4 Å². The Balaban J connectivity index is 1.43. The maximum Gasteiger partial charge on any atom is 0.255 e. The van der Waals surface area contributed by atoms with E-state index in [1.807, 2.05) is 30.3 Å². The molecule has 0 bridgehead atoms. The van der Waals surface area contributed by atoms with Crippen LogP contribution in [0, 0.1) is 0 Å². The van der Waals surface area contributed by atoms with E-state index in [-0.39, 0.29) is 16.8 Å². The first-order valence-electron chi connectivity index (χ1n) is 9.26. The van der Waals surface area contributed by atoms with Crippen molar-refractivity contribution in [2.45, 2.75) is 23.8 Å². The average Bonchev–Trinajstić information content (AvgIpc) is 3.52. The van der Waals surface area contributed by atoms with Crippen molar-refractivity contribution in [2.24, 2.45) is 0 Å². The van der Waals surface area contributed by atoms with Gasteiger partial charge in [0.15, 0.2) is 0 Å². The van der Waals surface area contributed by atoms with Gasteiger partial charge < -0.3 is 10.1 Å². The minimum atomic E-state index is -3.53. The lowest BCUT2D eigenvalue weighted by atomic mass is 10.2. The number of carbonyl (C=O) groups excluding carboxylic acids is 1. The zero-order valence-electron chi connectivity index (χ0n) is 15.5. The minimum absolute atomic E-state index is 0.0355. The van der Waals surface area contributed by atoms with Crippen LogP contribution in [0.5, 0.6) is 11.5 Å². The molecule has 2 N–H and O–H groups in total. The lowest BCUT2D eigenvalue weighted by molar-refractivity contribution is 0.102. The van der Waals surface area contributed by atoms with Gasteiger partial charge in [-0.1, -0.05) is 24.3 Å². The molecular weight excluding hydrogens is 388 g/mol. The number of sulfonamides is 1. The van der Waals surface area contributed by atoms with Crippen LogP contribution < -0.4 is 14.8 Å². The van der Waals surface area contributed by atoms with Crippen molar-refractivity contribution in [1.82, 2.24) is 4.72 Å². The lowest BCUT2D eigenvalue weighted by Crippen LogP contribution is -2.25. The molecule has 1 aliphatic rings. The van der Waals surface area contributed by atoms with Crippen LogP contribution in [-0.4, -0.2) is 20.4 Å². The Morgan fingerprint density at radius 2 is 1.55 bits per heavy atom. The fraction of sp³-hybridized carbons (Fsp3) is 0.136. The molecule has 1 amide bonds. The van der Waals surface area contributed by atoms with Gasteiger partial charge >= 0.3 is 0 Å². The topological polar surface area (TPSA) is 84.5 Å². The Bertz CT molecular complexity index is 1110. The number of ether oxygens (including phenoxy) is 1. The Labute approximate surface area is 169 Å². The summed E-state index contributed by atoms with van der Waals surface area (Å²) < 4.78 is 32.8. The minimum Gasteiger partial charge on any atom is -0.457 e. The number of carbonyl (C=O) groups is 1. The van der Waals surface area contributed by atoms with Crippen molar-refractivity contribution in [3.8, 4) is 11.5 Å². The molecule has 1 saturated carbocycles. The molecule has 3 aromatic rings. The van der Waals surface area contributed by atoms with Crippen LogP contribution >= 0.6 is 0 Å². The van der Waals surface area contributed by atoms with E-state index in [0.717, 1.165) is 12.8 Å². The highest BCUT2D eigenvalue weighted by Crippen LogP contribution is 2.25. The second kappa shape index (κ2) is 8.06. The quantitative estimate of drug-likeness (QED) is 0.614. The first-order chi connectivity index (χ1) is 14.0. The highest BCUT2D eigenvalue weighted by atomic mass is 32.2. The Hall–Kier alpha value is -3.16. The lowest BCUT2D eigenvalue weighted by Gasteiger charge is -2.10. The van der Waals surface area contributed by atoms with Crippen LogP contribution in [0.1, 0.15) is 23.2 Å². The number of benzene rings is 3. The monoisotopic (exact) mass is 408 g/mol. The number of hydrogen-bond acceptors (Lipinski definition) is 4. The number of anilines is 1. The van der Waals surface area contributed by atoms with E-state index in [2.05, 4.69) is 10.0 Å². The van der Waals surface area contributed by atoms with Gasteiger partial charge in [-0.25, -0.2) is 13.1 Å². The summed E-state index contributed by atoms with van der Waals surface area (Å²) in [7, 11) is -3.53. The molecule has 1 fully saturated rings. The fourth-order valence-electron chi connectivity index (χ4n) is 2.74. The van der Waals surface area contributed by atoms with Gasteiger partial charge in [-0.3, -0.25) is 4.79 Å². The molecule has 3 aromatic carbocycles. The molecule has 4 rings (SSSR count). The zero-order chi connectivity index (χ0) is 20.3. The van der Waals surface area contributed by atoms with Crippen molar-refractivity contribution < 1.29 is 17.9 Å². The van der Waals surface area contributed by atoms with Crippen LogP contribution in [0.15, 0.2) is 83.8 Å². The Morgan fingerprint density at radius 3 is 2.24 bits per heavy atom. The summed E-state index contributed by atoms with van der Waals surface area (Å²) in [6.07, 6.45) is 1.74. The molecule has 0 atom stereocenters. The first kappa shape index (κ1) is 19.2. The van der Waals surface area contributed by atoms with E-state index in [4.69, 9.17) is 4.74 Å². The molecule has 0 saturated heterocycles. The van der Waals surface area contributed by atoms with Crippen molar-refractivity contribution in [3.05, 3.63) is 84.4 Å². The molecular formula is C22H20N2O4S. The van der Waals surface area contributed by atoms with E-state index >= 15 is 0 Å². The third kappa shape index (κ3) is 5.01. The third-order valence-corrected chi connectivity index (χ3v) is 5.93. The zero-order valence-corrected chi connectivity index (χ0v) is 16.4. The molecule has 1 aliphatic carbocycles. The van der Waals surface area contributed by atoms with Crippen LogP contribution in [-0.2, 0) is 10.0 Å². The summed E-state index contributed by atoms with van der Waals surface area (Å²) in [6, 6.07) is 22.3. The molecule has 29 heavy (non-hydrogen) atoms. The molecule has 0 aliphatic heterocycles. The summed E-state index contributed by atoms with van der Waals surface area (Å²) in [5, 5.41) is 2.80. The summed E-state index contributed by atoms with van der Waals surface area (Å²) >= 11 is 0. The smallest absolute Gasteiger partial charge is 0.255 e. The third-order valence-electron chi connectivity index (χ3n) is 4.40. The van der Waals surface area contributed by atoms with E-state index in [1.165, 1.54) is 24.3 Å². The normalized spacial score (nSPS) is 13.7. The summed E-state index contributed by atoms with van der Waals surface area (Å²) in [5.41, 5.74) is 0.945. The summed E-state index contributed by atoms with van der Waals surface area (Å²) in [4.78, 5) is 12.7. The Morgan fingerprint density at radius 1 is 0.862 bits per heavy atom. The van der Waals surface area contributed by atoms with Crippen LogP contribution in [0.4, 0.5) is 5.69 Å². The summed E-state index contributed by atoms with van der Waals surface area (Å²) in [6.45, 7) is 0. The SMILES string of the molecule is O=C(Nc1cccc(Oc2ccccc2)c1)c1ccc(S(=O)(=O)NC2CC2)cc1. The van der Waals surface area contributed by atoms with E-state index < -0.39 is 10.0 Å². The van der Waals surface area contributed by atoms with Gasteiger partial charge in [0.1, 0.15) is 11.5 Å². The van der Waals surface area contributed by atoms with E-state index in [0.29, 0.717) is 22.7 Å². The predicted octanol–water partition coefficient (Wildman–Crippen LogP) is 4.17. The van der Waals surface area contributed by atoms with Crippen LogP contribution in [0.25, 0.3) is 0 Å². The van der Waals surface area contributed by atoms with Crippen molar-refractivity contribution in [1.29, 1.82) is 0 Å². The first-order valence-corrected chi connectivity index (χ1v) is 10.7. The molecule has 0 heterocycles. The highest BCUT2D eigenvalue weighted by molar-refractivity contribution is 7.89. The van der Waals surface area contributed by atoms with Gasteiger partial charge in [0.2, 0.25) is 10.0 Å². The second-order valence-electron chi connectivity index (χ2n) is 6.82. The molecule has 0 radical (unpaired) electrons. The van der Waals surface area contributed by atoms with E-state index in [9.17, 15) is 13.2 Å². The molecule has 0 spiro atoms. The Kier molecular flexibility index (Phi) is 5.33. The van der Waals surface area contributed by atoms with E-state index in [1.54, 1.807) is 24.3 Å². The number of hydrogen-bond donors (Lipinski definition) is 2. The fourth-order valence-corrected chi connectivity index (χ4v) is 4.04. The maximum absolute atomic E-state index is 12.5. The van der Waals surface area contributed by atoms with Crippen LogP contribution in [0.2, 0.25) is 0 Å². The molecule has 0 unspecified atom stereocenters. The van der Waals surface area contributed by atoms with Gasteiger partial charge in [-0.15, -0.1) is 0 Å². The average molecular weight is 408 g/mol. The molecule has 0 aromatic heterocycles. The number of amides is 1. The largest absolute Gasteiger partial charge is 0.457 e. The van der Waals surface area contributed by atoms with Gasteiger partial charge in [0.05, 0.1) is 4.90 Å². The molecule has 148 valence electrons. The van der Waals surface area contributed by atoms with Crippen LogP contribution in [0.3, 0.4) is 0 Å². The molecule has 7 heteroatoms. The number of rotatable bonds is 7. The maximum atomic E-state index is 12.5. The highest BCUT2D eigenvalue weighted by Gasteiger charge is 2.27. The van der Waals surface area contributed by atoms with Gasteiger partial charge in [0.25, 0.3) is 5.91 Å². The number of nitrogens with one attached hydrogen (secondary N) is 2. The summed E-state index contributed by atoms with van der Waals surface area (Å²) in [5.74, 6) is 0.968. The molecule has 6 nitrogen and oxygen atoms in total. The van der Waals surface area contributed by atoms with Crippen molar-refractivity contribution >= 4 is 21.6 Å². The van der Waals surface area contributed by atoms with Crippen molar-refractivity contribution in [3.63, 3.8) is 0 Å². The van der Waals surface area contributed by atoms with Gasteiger partial charge in [-0.05, 0) is 61.4 Å². The van der Waals surface area contributed by atoms with Gasteiger partial charge in [-0.2, -0.15) is 0 Å². The second-order valence-corrected chi connectivity index (χ2v) is 8.53. The standard InChI is InChI=1S/C22H20N2O4S/c25-22(16-9-13-21(14-10-16)29(26,27)24-17-11-12-17)23-18-5-4-8-20(15-18)28-19-6-2-1-3-7-19/h1-10,13-15,17,24H,11-12H2,(H,23,25). The predicted molar refractivity (Wildman–Crippen MR) is 111 cm³/mol. The number of para-hydroxylation sites is 1. The van der Waals surface area contributed by atoms with Crippen molar-refractivity contribution in [2.75, 3.05) is 5.32 Å².